The number of piperazine rings is 1. The van der Waals surface area contributed by atoms with Crippen LogP contribution in [0.25, 0.3) is 0 Å². The van der Waals surface area contributed by atoms with Crippen molar-refractivity contribution in [1.29, 1.82) is 0 Å². The highest BCUT2D eigenvalue weighted by atomic mass is 32.2. The van der Waals surface area contributed by atoms with Crippen LogP contribution in [0.15, 0.2) is 27.6 Å². The second kappa shape index (κ2) is 7.32. The SMILES string of the molecule is Cc1cccc(NC(=O)N2CCN(S(=O)(=O)c3c(C)noc3C)CC2)c1C. The summed E-state index contributed by atoms with van der Waals surface area (Å²) in [5, 5.41) is 6.64. The van der Waals surface area contributed by atoms with E-state index in [2.05, 4.69) is 10.5 Å². The lowest BCUT2D eigenvalue weighted by Gasteiger charge is -2.34. The molecule has 2 aromatic rings. The molecule has 0 bridgehead atoms. The first kappa shape index (κ1) is 19.4. The van der Waals surface area contributed by atoms with Crippen LogP contribution in [0.5, 0.6) is 0 Å². The molecule has 27 heavy (non-hydrogen) atoms. The first-order chi connectivity index (χ1) is 12.7. The molecule has 0 unspecified atom stereocenters. The number of urea groups is 1. The Bertz CT molecular complexity index is 940. The molecule has 2 amide bonds. The number of aryl methyl sites for hydroxylation is 3. The molecule has 0 saturated carbocycles. The van der Waals surface area contributed by atoms with Gasteiger partial charge in [0.25, 0.3) is 0 Å². The van der Waals surface area contributed by atoms with Crippen LogP contribution in [-0.2, 0) is 10.0 Å². The van der Waals surface area contributed by atoms with Gasteiger partial charge in [-0.1, -0.05) is 17.3 Å². The Morgan fingerprint density at radius 3 is 2.37 bits per heavy atom. The van der Waals surface area contributed by atoms with Crippen LogP contribution >= 0.6 is 0 Å². The number of rotatable bonds is 3. The highest BCUT2D eigenvalue weighted by molar-refractivity contribution is 7.89. The number of carbonyl (C=O) groups excluding carboxylic acids is 1. The lowest BCUT2D eigenvalue weighted by atomic mass is 10.1. The summed E-state index contributed by atoms with van der Waals surface area (Å²) in [5.74, 6) is 0.280. The van der Waals surface area contributed by atoms with Crippen molar-refractivity contribution >= 4 is 21.7 Å². The van der Waals surface area contributed by atoms with Gasteiger partial charge in [0, 0.05) is 31.9 Å². The molecule has 1 aliphatic rings. The van der Waals surface area contributed by atoms with Gasteiger partial charge in [0.15, 0.2) is 5.76 Å². The van der Waals surface area contributed by atoms with Crippen LogP contribution in [0, 0.1) is 27.7 Å². The number of sulfonamides is 1. The first-order valence-electron chi connectivity index (χ1n) is 8.77. The van der Waals surface area contributed by atoms with E-state index in [4.69, 9.17) is 4.52 Å². The Labute approximate surface area is 159 Å². The van der Waals surface area contributed by atoms with Crippen molar-refractivity contribution in [3.05, 3.63) is 40.8 Å². The number of anilines is 1. The zero-order chi connectivity index (χ0) is 19.8. The normalized spacial score (nSPS) is 15.8. The van der Waals surface area contributed by atoms with E-state index in [-0.39, 0.29) is 29.8 Å². The molecule has 1 aromatic carbocycles. The highest BCUT2D eigenvalue weighted by Gasteiger charge is 2.34. The van der Waals surface area contributed by atoms with E-state index in [1.807, 2.05) is 32.0 Å². The lowest BCUT2D eigenvalue weighted by Crippen LogP contribution is -2.51. The van der Waals surface area contributed by atoms with Gasteiger partial charge in [-0.25, -0.2) is 13.2 Å². The first-order valence-corrected chi connectivity index (χ1v) is 10.2. The Morgan fingerprint density at radius 1 is 1.11 bits per heavy atom. The van der Waals surface area contributed by atoms with Crippen molar-refractivity contribution < 1.29 is 17.7 Å². The summed E-state index contributed by atoms with van der Waals surface area (Å²) < 4.78 is 32.1. The summed E-state index contributed by atoms with van der Waals surface area (Å²) in [6.45, 7) is 8.23. The van der Waals surface area contributed by atoms with Crippen LogP contribution in [0.3, 0.4) is 0 Å². The van der Waals surface area contributed by atoms with Crippen molar-refractivity contribution in [2.75, 3.05) is 31.5 Å². The molecule has 3 rings (SSSR count). The largest absolute Gasteiger partial charge is 0.360 e. The van der Waals surface area contributed by atoms with Crippen LogP contribution < -0.4 is 5.32 Å². The number of amides is 2. The maximum Gasteiger partial charge on any atom is 0.321 e. The van der Waals surface area contributed by atoms with E-state index in [1.165, 1.54) is 4.31 Å². The number of hydrogen-bond acceptors (Lipinski definition) is 5. The fourth-order valence-corrected chi connectivity index (χ4v) is 4.90. The van der Waals surface area contributed by atoms with Crippen LogP contribution in [0.1, 0.15) is 22.6 Å². The average Bonchev–Trinajstić information content (AvgIpc) is 2.98. The fraction of sp³-hybridized carbons (Fsp3) is 0.444. The van der Waals surface area contributed by atoms with Crippen molar-refractivity contribution in [3.8, 4) is 0 Å². The summed E-state index contributed by atoms with van der Waals surface area (Å²) in [6, 6.07) is 5.52. The zero-order valence-corrected chi connectivity index (χ0v) is 16.8. The molecule has 9 heteroatoms. The molecule has 1 N–H and O–H groups in total. The predicted octanol–water partition coefficient (Wildman–Crippen LogP) is 2.45. The number of nitrogens with one attached hydrogen (secondary N) is 1. The van der Waals surface area contributed by atoms with Gasteiger partial charge in [0.2, 0.25) is 10.0 Å². The molecule has 0 radical (unpaired) electrons. The van der Waals surface area contributed by atoms with Crippen molar-refractivity contribution in [2.24, 2.45) is 0 Å². The monoisotopic (exact) mass is 392 g/mol. The molecule has 1 aliphatic heterocycles. The second-order valence-corrected chi connectivity index (χ2v) is 8.60. The number of benzene rings is 1. The van der Waals surface area contributed by atoms with Gasteiger partial charge < -0.3 is 14.7 Å². The number of hydrogen-bond donors (Lipinski definition) is 1. The van der Waals surface area contributed by atoms with E-state index < -0.39 is 10.0 Å². The second-order valence-electron chi connectivity index (χ2n) is 6.72. The molecule has 0 aliphatic carbocycles. The van der Waals surface area contributed by atoms with Gasteiger partial charge in [0.1, 0.15) is 10.6 Å². The van der Waals surface area contributed by atoms with E-state index in [0.29, 0.717) is 18.8 Å². The van der Waals surface area contributed by atoms with Crippen LogP contribution in [0.2, 0.25) is 0 Å². The maximum atomic E-state index is 12.8. The van der Waals surface area contributed by atoms with Gasteiger partial charge in [-0.3, -0.25) is 0 Å². The van der Waals surface area contributed by atoms with E-state index in [0.717, 1.165) is 16.8 Å². The third-order valence-corrected chi connectivity index (χ3v) is 7.08. The van der Waals surface area contributed by atoms with E-state index >= 15 is 0 Å². The molecule has 0 spiro atoms. The van der Waals surface area contributed by atoms with Crippen molar-refractivity contribution in [3.63, 3.8) is 0 Å². The Balaban J connectivity index is 1.66. The summed E-state index contributed by atoms with van der Waals surface area (Å²) >= 11 is 0. The highest BCUT2D eigenvalue weighted by Crippen LogP contribution is 2.24. The van der Waals surface area contributed by atoms with E-state index in [1.54, 1.807) is 18.7 Å². The third-order valence-electron chi connectivity index (χ3n) is 4.94. The van der Waals surface area contributed by atoms with E-state index in [9.17, 15) is 13.2 Å². The number of carbonyl (C=O) groups is 1. The molecular formula is C18H24N4O4S. The maximum absolute atomic E-state index is 12.8. The molecular weight excluding hydrogens is 368 g/mol. The van der Waals surface area contributed by atoms with Gasteiger partial charge in [-0.15, -0.1) is 0 Å². The minimum absolute atomic E-state index is 0.121. The molecule has 2 heterocycles. The summed E-state index contributed by atoms with van der Waals surface area (Å²) in [6.07, 6.45) is 0. The summed E-state index contributed by atoms with van der Waals surface area (Å²) in [7, 11) is -3.68. The van der Waals surface area contributed by atoms with Crippen LogP contribution in [0.4, 0.5) is 10.5 Å². The van der Waals surface area contributed by atoms with Crippen molar-refractivity contribution in [2.45, 2.75) is 32.6 Å². The molecule has 1 fully saturated rings. The summed E-state index contributed by atoms with van der Waals surface area (Å²) in [4.78, 5) is 14.3. The Morgan fingerprint density at radius 2 is 1.78 bits per heavy atom. The van der Waals surface area contributed by atoms with Gasteiger partial charge in [-0.05, 0) is 44.9 Å². The minimum atomic E-state index is -3.68. The molecule has 1 saturated heterocycles. The van der Waals surface area contributed by atoms with Crippen LogP contribution in [-0.4, -0.2) is 55.0 Å². The molecule has 146 valence electrons. The summed E-state index contributed by atoms with van der Waals surface area (Å²) in [5.41, 5.74) is 3.24. The molecule has 0 atom stereocenters. The average molecular weight is 392 g/mol. The quantitative estimate of drug-likeness (QED) is 0.866. The topological polar surface area (TPSA) is 95.8 Å². The van der Waals surface area contributed by atoms with Gasteiger partial charge in [-0.2, -0.15) is 4.31 Å². The predicted molar refractivity (Wildman–Crippen MR) is 101 cm³/mol. The standard InChI is InChI=1S/C18H24N4O4S/c1-12-6-5-7-16(13(12)2)19-18(23)21-8-10-22(11-9-21)27(24,25)17-14(3)20-26-15(17)4/h5-7H,8-11H2,1-4H3,(H,19,23). The zero-order valence-electron chi connectivity index (χ0n) is 15.9. The van der Waals surface area contributed by atoms with Crippen molar-refractivity contribution in [1.82, 2.24) is 14.4 Å². The molecule has 1 aromatic heterocycles. The van der Waals surface area contributed by atoms with Gasteiger partial charge in [0.05, 0.1) is 0 Å². The smallest absolute Gasteiger partial charge is 0.321 e. The van der Waals surface area contributed by atoms with Gasteiger partial charge >= 0.3 is 6.03 Å². The Kier molecular flexibility index (Phi) is 5.25. The lowest BCUT2D eigenvalue weighted by molar-refractivity contribution is 0.184. The number of aromatic nitrogens is 1. The third kappa shape index (κ3) is 3.70. The Hall–Kier alpha value is -2.39. The molecule has 8 nitrogen and oxygen atoms in total. The fourth-order valence-electron chi connectivity index (χ4n) is 3.18. The minimum Gasteiger partial charge on any atom is -0.360 e. The number of nitrogens with zero attached hydrogens (tertiary/aromatic N) is 3.